The molecule has 13 unspecified atom stereocenters. The first-order chi connectivity index (χ1) is 35.6. The minimum atomic E-state index is -3.50. The fourth-order valence-corrected chi connectivity index (χ4v) is 9.59. The lowest BCUT2D eigenvalue weighted by molar-refractivity contribution is -0.398. The van der Waals surface area contributed by atoms with Crippen LogP contribution in [0.5, 0.6) is 0 Å². The van der Waals surface area contributed by atoms with Crippen LogP contribution in [0.1, 0.15) is 33.6 Å². The molecule has 0 aromatic rings. The van der Waals surface area contributed by atoms with E-state index in [2.05, 4.69) is 16.0 Å². The molecule has 0 aromatic carbocycles. The first-order valence-electron chi connectivity index (χ1n) is 23.7. The van der Waals surface area contributed by atoms with Gasteiger partial charge in [-0.1, -0.05) is 0 Å². The Bertz CT molecular complexity index is 1960. The van der Waals surface area contributed by atoms with E-state index in [0.29, 0.717) is 0 Å². The lowest BCUT2D eigenvalue weighted by Gasteiger charge is -2.52. The molecule has 34 nitrogen and oxygen atoms in total. The number of nitrogens with one attached hydrogen (secondary N) is 3. The molecule has 26 atom stereocenters. The molecule has 0 saturated carbocycles. The normalized spacial score (nSPS) is 42.7. The number of carbonyl (C=O) groups excluding carboxylic acids is 3. The first-order valence-corrected chi connectivity index (χ1v) is 23.7. The Labute approximate surface area is 430 Å². The van der Waals surface area contributed by atoms with Crippen molar-refractivity contribution in [2.75, 3.05) is 39.6 Å². The molecule has 3 amide bonds. The zero-order chi connectivity index (χ0) is 56.9. The fraction of sp³-hybridized carbons (Fsp3) is 0.881. The second kappa shape index (κ2) is 26.6. The molecule has 5 aliphatic rings. The molecule has 0 spiro atoms. The van der Waals surface area contributed by atoms with Gasteiger partial charge in [-0.05, 0) is 0 Å². The molecular formula is C42H69N3O31. The highest BCUT2D eigenvalue weighted by atomic mass is 16.8. The van der Waals surface area contributed by atoms with Crippen molar-refractivity contribution >= 4 is 29.7 Å². The number of carboxylic acids is 2. The molecule has 438 valence electrons. The standard InChI is InChI=1S/C42H69N3O31/c1-12(51)43-23-15(54)4-41(39(64)65,74-34(23)26(58)17(56)6-46)73-20(8-48)29(61)35-24(44-13(2)52)16(55)5-42(75-35,40(66)67)76-36-31(63)38(71-32-21(9-49)68-11-18(57)27(32)59)70-22(10-50)33(36)72-37-25(45-14(3)53)30(62)28(60)19(7-47)69-37/h15-38,46-50,54-63H,4-11H2,1-3H3,(H,43,51)(H,44,52)(H,45,53)(H,64,65)(H,66,67)/t15?,16?,17-,18?,19?,20-,21?,22?,23-,24-,25?,26-,27?,28+,29-,30?,31?,32-,33+,34?,35?,36?,37+,38+,41-,42+/m1/s1. The van der Waals surface area contributed by atoms with Crippen molar-refractivity contribution in [3.05, 3.63) is 0 Å². The summed E-state index contributed by atoms with van der Waals surface area (Å²) in [5.74, 6) is -13.9. The van der Waals surface area contributed by atoms with Crippen LogP contribution in [0.25, 0.3) is 0 Å². The van der Waals surface area contributed by atoms with E-state index in [9.17, 15) is 111 Å². The molecule has 5 rings (SSSR count). The number of carboxylic acid groups (broad SMARTS) is 2. The molecule has 5 heterocycles. The maximum Gasteiger partial charge on any atom is 0.364 e. The monoisotopic (exact) mass is 1110 g/mol. The molecule has 0 aliphatic carbocycles. The van der Waals surface area contributed by atoms with Crippen LogP contribution >= 0.6 is 0 Å². The predicted molar refractivity (Wildman–Crippen MR) is 235 cm³/mol. The minimum absolute atomic E-state index is 0.521. The topological polar surface area (TPSA) is 548 Å². The van der Waals surface area contributed by atoms with Gasteiger partial charge in [0.05, 0.1) is 63.9 Å². The molecule has 34 heteroatoms. The Morgan fingerprint density at radius 3 is 1.54 bits per heavy atom. The van der Waals surface area contributed by atoms with Crippen molar-refractivity contribution in [3.63, 3.8) is 0 Å². The average molecular weight is 1110 g/mol. The lowest BCUT2D eigenvalue weighted by atomic mass is 9.87. The van der Waals surface area contributed by atoms with Gasteiger partial charge >= 0.3 is 11.9 Å². The fourth-order valence-electron chi connectivity index (χ4n) is 9.59. The SMILES string of the molecule is CC(=O)NC1C(O)[C@@H](O)C(CO)O[C@H]1O[C@H]1C(CO)O[C@@H](O[C@@H]2C(CO)OCC(O)C2O)C(O)C1O[C@]1(C(=O)O)CC(O)[C@@H](NC(C)=O)C([C@H](O)[C@@H](CO)O[C@]2(C(=O)O)CC(O)[C@@H](NC(C)=O)C([C@H](O)[C@H](O)CO)O2)O1. The first kappa shape index (κ1) is 63.2. The Morgan fingerprint density at radius 1 is 0.553 bits per heavy atom. The van der Waals surface area contributed by atoms with Crippen LogP contribution in [0.2, 0.25) is 0 Å². The van der Waals surface area contributed by atoms with E-state index in [0.717, 1.165) is 20.8 Å². The zero-order valence-electron chi connectivity index (χ0n) is 40.8. The van der Waals surface area contributed by atoms with Crippen molar-refractivity contribution < 1.29 is 153 Å². The number of aliphatic hydroxyl groups is 15. The molecule has 76 heavy (non-hydrogen) atoms. The number of hydrogen-bond donors (Lipinski definition) is 20. The van der Waals surface area contributed by atoms with Crippen molar-refractivity contribution in [2.45, 2.75) is 192 Å². The maximum atomic E-state index is 13.7. The van der Waals surface area contributed by atoms with Crippen molar-refractivity contribution in [3.8, 4) is 0 Å². The summed E-state index contributed by atoms with van der Waals surface area (Å²) < 4.78 is 51.9. The van der Waals surface area contributed by atoms with Crippen LogP contribution < -0.4 is 16.0 Å². The van der Waals surface area contributed by atoms with Gasteiger partial charge in [0.15, 0.2) is 12.6 Å². The number of carbonyl (C=O) groups is 5. The summed E-state index contributed by atoms with van der Waals surface area (Å²) in [6, 6.07) is -5.49. The van der Waals surface area contributed by atoms with Gasteiger partial charge in [-0.25, -0.2) is 9.59 Å². The van der Waals surface area contributed by atoms with Crippen LogP contribution in [-0.4, -0.2) is 314 Å². The third-order valence-corrected chi connectivity index (χ3v) is 13.4. The summed E-state index contributed by atoms with van der Waals surface area (Å²) in [6.07, 6.45) is -46.8. The van der Waals surface area contributed by atoms with Crippen molar-refractivity contribution in [1.82, 2.24) is 16.0 Å². The molecular weight excluding hydrogens is 1040 g/mol. The maximum absolute atomic E-state index is 13.7. The molecule has 0 bridgehead atoms. The summed E-state index contributed by atoms with van der Waals surface area (Å²) in [6.45, 7) is -3.47. The van der Waals surface area contributed by atoms with E-state index in [1.165, 1.54) is 0 Å². The number of rotatable bonds is 22. The highest BCUT2D eigenvalue weighted by Gasteiger charge is 2.63. The van der Waals surface area contributed by atoms with E-state index >= 15 is 0 Å². The van der Waals surface area contributed by atoms with Crippen LogP contribution in [0.4, 0.5) is 0 Å². The molecule has 5 fully saturated rings. The van der Waals surface area contributed by atoms with Crippen LogP contribution in [0, 0.1) is 0 Å². The highest BCUT2D eigenvalue weighted by molar-refractivity contribution is 5.77. The van der Waals surface area contributed by atoms with Gasteiger partial charge in [0, 0.05) is 33.6 Å². The minimum Gasteiger partial charge on any atom is -0.477 e. The van der Waals surface area contributed by atoms with Gasteiger partial charge in [0.25, 0.3) is 11.6 Å². The third-order valence-electron chi connectivity index (χ3n) is 13.4. The summed E-state index contributed by atoms with van der Waals surface area (Å²) in [5, 5.41) is 191. The van der Waals surface area contributed by atoms with Crippen molar-refractivity contribution in [2.24, 2.45) is 0 Å². The zero-order valence-corrected chi connectivity index (χ0v) is 40.8. The summed E-state index contributed by atoms with van der Waals surface area (Å²) >= 11 is 0. The van der Waals surface area contributed by atoms with Gasteiger partial charge in [-0.15, -0.1) is 0 Å². The number of ether oxygens (including phenoxy) is 9. The van der Waals surface area contributed by atoms with E-state index in [1.807, 2.05) is 0 Å². The number of aliphatic hydroxyl groups excluding tert-OH is 15. The smallest absolute Gasteiger partial charge is 0.364 e. The Hall–Kier alpha value is -3.61. The summed E-state index contributed by atoms with van der Waals surface area (Å²) in [4.78, 5) is 63.9. The Balaban J connectivity index is 1.61. The molecule has 0 aromatic heterocycles. The second-order valence-corrected chi connectivity index (χ2v) is 18.9. The summed E-state index contributed by atoms with van der Waals surface area (Å²) in [7, 11) is 0. The average Bonchev–Trinajstić information content (AvgIpc) is 3.37. The second-order valence-electron chi connectivity index (χ2n) is 18.9. The van der Waals surface area contributed by atoms with Gasteiger partial charge < -0.3 is 145 Å². The van der Waals surface area contributed by atoms with Gasteiger partial charge in [-0.3, -0.25) is 14.4 Å². The van der Waals surface area contributed by atoms with E-state index < -0.39 is 240 Å². The van der Waals surface area contributed by atoms with E-state index in [4.69, 9.17) is 42.6 Å². The Morgan fingerprint density at radius 2 is 1.04 bits per heavy atom. The molecule has 0 radical (unpaired) electrons. The summed E-state index contributed by atoms with van der Waals surface area (Å²) in [5.41, 5.74) is 0. The van der Waals surface area contributed by atoms with E-state index in [1.54, 1.807) is 0 Å². The van der Waals surface area contributed by atoms with Crippen LogP contribution in [-0.2, 0) is 66.6 Å². The van der Waals surface area contributed by atoms with Crippen LogP contribution in [0.15, 0.2) is 0 Å². The quantitative estimate of drug-likeness (QED) is 0.0479. The highest BCUT2D eigenvalue weighted by Crippen LogP contribution is 2.41. The Kier molecular flexibility index (Phi) is 22.1. The van der Waals surface area contributed by atoms with E-state index in [-0.39, 0.29) is 0 Å². The molecule has 5 saturated heterocycles. The number of hydrogen-bond acceptors (Lipinski definition) is 29. The number of aliphatic carboxylic acids is 2. The largest absolute Gasteiger partial charge is 0.477 e. The third kappa shape index (κ3) is 13.7. The molecule has 20 N–H and O–H groups in total. The number of amides is 3. The van der Waals surface area contributed by atoms with Gasteiger partial charge in [0.2, 0.25) is 17.7 Å². The molecule has 5 aliphatic heterocycles. The predicted octanol–water partition coefficient (Wildman–Crippen LogP) is -12.4. The van der Waals surface area contributed by atoms with Crippen LogP contribution in [0.3, 0.4) is 0 Å². The lowest BCUT2D eigenvalue weighted by Crippen LogP contribution is -2.72. The van der Waals surface area contributed by atoms with Crippen molar-refractivity contribution in [1.29, 1.82) is 0 Å². The van der Waals surface area contributed by atoms with Gasteiger partial charge in [-0.2, -0.15) is 0 Å². The van der Waals surface area contributed by atoms with Gasteiger partial charge in [0.1, 0.15) is 110 Å².